The van der Waals surface area contributed by atoms with Crippen LogP contribution >= 0.6 is 0 Å². The number of anilines is 1. The van der Waals surface area contributed by atoms with Crippen molar-refractivity contribution >= 4 is 11.8 Å². The van der Waals surface area contributed by atoms with Gasteiger partial charge in [0.05, 0.1) is 5.56 Å². The highest BCUT2D eigenvalue weighted by atomic mass is 16.4. The molecule has 2 rings (SSSR count). The molecule has 16 heavy (non-hydrogen) atoms. The fourth-order valence-electron chi connectivity index (χ4n) is 1.67. The summed E-state index contributed by atoms with van der Waals surface area (Å²) in [5.41, 5.74) is 0.277. The Morgan fingerprint density at radius 1 is 1.56 bits per heavy atom. The van der Waals surface area contributed by atoms with E-state index in [0.717, 1.165) is 18.9 Å². The van der Waals surface area contributed by atoms with E-state index < -0.39 is 5.97 Å². The summed E-state index contributed by atoms with van der Waals surface area (Å²) in [5, 5.41) is 12.0. The molecule has 1 aromatic rings. The van der Waals surface area contributed by atoms with E-state index >= 15 is 0 Å². The minimum Gasteiger partial charge on any atom is -0.478 e. The van der Waals surface area contributed by atoms with Gasteiger partial charge >= 0.3 is 5.97 Å². The molecule has 0 bridgehead atoms. The Morgan fingerprint density at radius 3 is 3.06 bits per heavy atom. The van der Waals surface area contributed by atoms with E-state index in [0.29, 0.717) is 5.82 Å². The molecule has 1 fully saturated rings. The van der Waals surface area contributed by atoms with Crippen LogP contribution in [0.2, 0.25) is 0 Å². The van der Waals surface area contributed by atoms with Crippen LogP contribution in [0, 0.1) is 5.92 Å². The van der Waals surface area contributed by atoms with Crippen molar-refractivity contribution in [2.75, 3.05) is 11.9 Å². The topological polar surface area (TPSA) is 62.2 Å². The zero-order valence-electron chi connectivity index (χ0n) is 9.15. The Balaban J connectivity index is 1.78. The molecule has 0 unspecified atom stereocenters. The number of nitrogens with zero attached hydrogens (tertiary/aromatic N) is 1. The van der Waals surface area contributed by atoms with Crippen LogP contribution in [0.4, 0.5) is 5.82 Å². The lowest BCUT2D eigenvalue weighted by Gasteiger charge is -2.05. The molecule has 0 spiro atoms. The third-order valence-electron chi connectivity index (χ3n) is 2.80. The van der Waals surface area contributed by atoms with Crippen LogP contribution in [0.3, 0.4) is 0 Å². The predicted molar refractivity (Wildman–Crippen MR) is 61.6 cm³/mol. The lowest BCUT2D eigenvalue weighted by Crippen LogP contribution is -2.05. The summed E-state index contributed by atoms with van der Waals surface area (Å²) in [4.78, 5) is 14.8. The molecule has 0 saturated heterocycles. The molecule has 1 aliphatic carbocycles. The first-order chi connectivity index (χ1) is 7.75. The highest BCUT2D eigenvalue weighted by molar-refractivity contribution is 5.88. The van der Waals surface area contributed by atoms with E-state index in [4.69, 9.17) is 5.11 Å². The van der Waals surface area contributed by atoms with Crippen molar-refractivity contribution in [2.45, 2.75) is 25.7 Å². The SMILES string of the molecule is O=C(O)c1ccnc(NCCCC2CC2)c1. The number of carboxylic acids is 1. The monoisotopic (exact) mass is 220 g/mol. The van der Waals surface area contributed by atoms with E-state index in [9.17, 15) is 4.79 Å². The van der Waals surface area contributed by atoms with E-state index in [-0.39, 0.29) is 5.56 Å². The van der Waals surface area contributed by atoms with Crippen molar-refractivity contribution in [3.8, 4) is 0 Å². The van der Waals surface area contributed by atoms with Gasteiger partial charge in [0.15, 0.2) is 0 Å². The Hall–Kier alpha value is -1.58. The van der Waals surface area contributed by atoms with Gasteiger partial charge in [0.25, 0.3) is 0 Å². The molecule has 86 valence electrons. The average Bonchev–Trinajstić information content (AvgIpc) is 3.09. The van der Waals surface area contributed by atoms with Gasteiger partial charge in [-0.15, -0.1) is 0 Å². The zero-order valence-corrected chi connectivity index (χ0v) is 9.15. The first-order valence-electron chi connectivity index (χ1n) is 5.69. The summed E-state index contributed by atoms with van der Waals surface area (Å²) in [7, 11) is 0. The van der Waals surface area contributed by atoms with Gasteiger partial charge in [-0.25, -0.2) is 9.78 Å². The Kier molecular flexibility index (Phi) is 3.39. The van der Waals surface area contributed by atoms with Gasteiger partial charge in [0, 0.05) is 12.7 Å². The highest BCUT2D eigenvalue weighted by Gasteiger charge is 2.19. The van der Waals surface area contributed by atoms with Crippen molar-refractivity contribution in [3.05, 3.63) is 23.9 Å². The molecule has 0 amide bonds. The number of pyridine rings is 1. The van der Waals surface area contributed by atoms with E-state index in [1.54, 1.807) is 6.07 Å². The molecular formula is C12H16N2O2. The summed E-state index contributed by atoms with van der Waals surface area (Å²) in [6, 6.07) is 3.07. The smallest absolute Gasteiger partial charge is 0.335 e. The van der Waals surface area contributed by atoms with E-state index in [1.165, 1.54) is 31.5 Å². The molecule has 2 N–H and O–H groups in total. The molecule has 1 aromatic heterocycles. The number of hydrogen-bond acceptors (Lipinski definition) is 3. The molecular weight excluding hydrogens is 204 g/mol. The second-order valence-corrected chi connectivity index (χ2v) is 4.25. The van der Waals surface area contributed by atoms with Gasteiger partial charge in [0.1, 0.15) is 5.82 Å². The largest absolute Gasteiger partial charge is 0.478 e. The molecule has 0 aromatic carbocycles. The van der Waals surface area contributed by atoms with Gasteiger partial charge in [0.2, 0.25) is 0 Å². The maximum Gasteiger partial charge on any atom is 0.335 e. The van der Waals surface area contributed by atoms with Crippen LogP contribution in [0.1, 0.15) is 36.0 Å². The zero-order chi connectivity index (χ0) is 11.4. The maximum absolute atomic E-state index is 10.7. The molecule has 1 saturated carbocycles. The Bertz CT molecular complexity index is 375. The fourth-order valence-corrected chi connectivity index (χ4v) is 1.67. The molecule has 0 atom stereocenters. The first-order valence-corrected chi connectivity index (χ1v) is 5.69. The second-order valence-electron chi connectivity index (χ2n) is 4.25. The van der Waals surface area contributed by atoms with Gasteiger partial charge in [-0.1, -0.05) is 12.8 Å². The highest BCUT2D eigenvalue weighted by Crippen LogP contribution is 2.33. The van der Waals surface area contributed by atoms with Gasteiger partial charge in [-0.05, 0) is 30.9 Å². The van der Waals surface area contributed by atoms with Crippen molar-refractivity contribution in [3.63, 3.8) is 0 Å². The number of hydrogen-bond donors (Lipinski definition) is 2. The second kappa shape index (κ2) is 4.96. The summed E-state index contributed by atoms with van der Waals surface area (Å²) in [6.45, 7) is 0.868. The molecule has 1 heterocycles. The minimum absolute atomic E-state index is 0.277. The molecule has 0 radical (unpaired) electrons. The summed E-state index contributed by atoms with van der Waals surface area (Å²) >= 11 is 0. The van der Waals surface area contributed by atoms with Crippen LogP contribution in [-0.4, -0.2) is 22.6 Å². The number of nitrogens with one attached hydrogen (secondary N) is 1. The van der Waals surface area contributed by atoms with Crippen LogP contribution < -0.4 is 5.32 Å². The lowest BCUT2D eigenvalue weighted by atomic mass is 10.2. The number of aromatic carboxylic acids is 1. The average molecular weight is 220 g/mol. The third-order valence-corrected chi connectivity index (χ3v) is 2.80. The molecule has 0 aliphatic heterocycles. The van der Waals surface area contributed by atoms with Crippen LogP contribution in [-0.2, 0) is 0 Å². The van der Waals surface area contributed by atoms with Gasteiger partial charge in [-0.2, -0.15) is 0 Å². The van der Waals surface area contributed by atoms with Crippen LogP contribution in [0.15, 0.2) is 18.3 Å². The Morgan fingerprint density at radius 2 is 2.38 bits per heavy atom. The van der Waals surface area contributed by atoms with Crippen molar-refractivity contribution in [1.82, 2.24) is 4.98 Å². The number of rotatable bonds is 6. The van der Waals surface area contributed by atoms with Crippen molar-refractivity contribution in [1.29, 1.82) is 0 Å². The van der Waals surface area contributed by atoms with Gasteiger partial charge in [-0.3, -0.25) is 0 Å². The molecule has 4 heteroatoms. The number of carbonyl (C=O) groups is 1. The van der Waals surface area contributed by atoms with Crippen molar-refractivity contribution < 1.29 is 9.90 Å². The van der Waals surface area contributed by atoms with Crippen LogP contribution in [0.5, 0.6) is 0 Å². The lowest BCUT2D eigenvalue weighted by molar-refractivity contribution is 0.0697. The number of carboxylic acid groups (broad SMARTS) is 1. The molecule has 4 nitrogen and oxygen atoms in total. The minimum atomic E-state index is -0.913. The van der Waals surface area contributed by atoms with E-state index in [1.807, 2.05) is 0 Å². The normalized spacial score (nSPS) is 14.8. The summed E-state index contributed by atoms with van der Waals surface area (Å²) in [6.07, 6.45) is 6.68. The summed E-state index contributed by atoms with van der Waals surface area (Å²) < 4.78 is 0. The van der Waals surface area contributed by atoms with Gasteiger partial charge < -0.3 is 10.4 Å². The fraction of sp³-hybridized carbons (Fsp3) is 0.500. The standard InChI is InChI=1S/C12H16N2O2/c15-12(16)10-5-7-14-11(8-10)13-6-1-2-9-3-4-9/h5,7-9H,1-4,6H2,(H,13,14)(H,15,16). The number of aromatic nitrogens is 1. The Labute approximate surface area is 94.7 Å². The maximum atomic E-state index is 10.7. The first kappa shape index (κ1) is 10.9. The summed E-state index contributed by atoms with van der Waals surface area (Å²) in [5.74, 6) is 0.680. The molecule has 1 aliphatic rings. The quantitative estimate of drug-likeness (QED) is 0.722. The van der Waals surface area contributed by atoms with Crippen molar-refractivity contribution in [2.24, 2.45) is 5.92 Å². The van der Waals surface area contributed by atoms with E-state index in [2.05, 4.69) is 10.3 Å². The van der Waals surface area contributed by atoms with Crippen LogP contribution in [0.25, 0.3) is 0 Å². The third kappa shape index (κ3) is 3.22. The predicted octanol–water partition coefficient (Wildman–Crippen LogP) is 2.38.